The van der Waals surface area contributed by atoms with Crippen LogP contribution in [0.3, 0.4) is 0 Å². The number of ether oxygens (including phenoxy) is 2. The van der Waals surface area contributed by atoms with Crippen molar-refractivity contribution in [2.24, 2.45) is 0 Å². The highest BCUT2D eigenvalue weighted by Crippen LogP contribution is 2.31. The Hall–Kier alpha value is -3.12. The number of para-hydroxylation sites is 1. The van der Waals surface area contributed by atoms with Crippen molar-refractivity contribution in [1.29, 1.82) is 0 Å². The van der Waals surface area contributed by atoms with Gasteiger partial charge in [0.2, 0.25) is 0 Å². The first-order valence-corrected chi connectivity index (χ1v) is 10.3. The average molecular weight is 408 g/mol. The molecule has 1 aliphatic heterocycles. The number of amides is 2. The van der Waals surface area contributed by atoms with Gasteiger partial charge in [0.25, 0.3) is 11.8 Å². The molecule has 2 aromatic rings. The van der Waals surface area contributed by atoms with E-state index in [4.69, 9.17) is 9.47 Å². The molecule has 0 saturated heterocycles. The van der Waals surface area contributed by atoms with Crippen molar-refractivity contribution < 1.29 is 19.1 Å². The fraction of sp³-hybridized carbons (Fsp3) is 0.333. The lowest BCUT2D eigenvalue weighted by Crippen LogP contribution is -2.34. The lowest BCUT2D eigenvalue weighted by Gasteiger charge is -2.16. The predicted molar refractivity (Wildman–Crippen MR) is 117 cm³/mol. The Morgan fingerprint density at radius 1 is 0.967 bits per heavy atom. The molecule has 0 aliphatic carbocycles. The molecule has 0 saturated carbocycles. The third-order valence-electron chi connectivity index (χ3n) is 4.64. The smallest absolute Gasteiger partial charge is 0.278 e. The maximum atomic E-state index is 13.2. The zero-order valence-corrected chi connectivity index (χ0v) is 17.7. The average Bonchev–Trinajstić information content (AvgIpc) is 2.96. The number of rotatable bonds is 10. The van der Waals surface area contributed by atoms with Gasteiger partial charge in [0, 0.05) is 18.8 Å². The second-order valence-electron chi connectivity index (χ2n) is 7.23. The first-order valence-electron chi connectivity index (χ1n) is 10.3. The van der Waals surface area contributed by atoms with Crippen LogP contribution in [-0.4, -0.2) is 42.6 Å². The molecule has 2 aromatic carbocycles. The number of carbonyl (C=O) groups excluding carboxylic acids is 2. The molecular formula is C24H28N2O4. The number of anilines is 1. The molecule has 3 rings (SSSR count). The summed E-state index contributed by atoms with van der Waals surface area (Å²) in [7, 11) is 0. The summed E-state index contributed by atoms with van der Waals surface area (Å²) in [6.07, 6.45) is 0.702. The van der Waals surface area contributed by atoms with E-state index in [9.17, 15) is 9.59 Å². The highest BCUT2D eigenvalue weighted by Gasteiger charge is 2.38. The van der Waals surface area contributed by atoms with Crippen molar-refractivity contribution in [2.45, 2.75) is 33.3 Å². The van der Waals surface area contributed by atoms with Gasteiger partial charge in [0.15, 0.2) is 0 Å². The highest BCUT2D eigenvalue weighted by molar-refractivity contribution is 6.36. The monoisotopic (exact) mass is 408 g/mol. The maximum Gasteiger partial charge on any atom is 0.278 e. The summed E-state index contributed by atoms with van der Waals surface area (Å²) in [6.45, 7) is 7.20. The van der Waals surface area contributed by atoms with Crippen LogP contribution in [0.4, 0.5) is 5.69 Å². The van der Waals surface area contributed by atoms with Crippen molar-refractivity contribution in [3.8, 4) is 5.75 Å². The molecule has 0 radical (unpaired) electrons. The SMILES string of the molecule is CCOc1ccc(C2=C(Nc3ccccc3)C(=O)N(CCCOC(C)C)C2=O)cc1. The number of carbonyl (C=O) groups is 2. The molecular weight excluding hydrogens is 380 g/mol. The van der Waals surface area contributed by atoms with E-state index in [2.05, 4.69) is 5.32 Å². The van der Waals surface area contributed by atoms with Gasteiger partial charge in [-0.25, -0.2) is 0 Å². The van der Waals surface area contributed by atoms with E-state index in [-0.39, 0.29) is 17.9 Å². The second-order valence-corrected chi connectivity index (χ2v) is 7.23. The number of nitrogens with one attached hydrogen (secondary N) is 1. The topological polar surface area (TPSA) is 67.9 Å². The molecule has 2 amide bonds. The molecule has 0 aromatic heterocycles. The molecule has 1 N–H and O–H groups in total. The Kier molecular flexibility index (Phi) is 7.25. The summed E-state index contributed by atoms with van der Waals surface area (Å²) >= 11 is 0. The summed E-state index contributed by atoms with van der Waals surface area (Å²) in [5.74, 6) is 0.100. The fourth-order valence-electron chi connectivity index (χ4n) is 3.25. The van der Waals surface area contributed by atoms with Crippen molar-refractivity contribution in [3.05, 3.63) is 65.9 Å². The minimum absolute atomic E-state index is 0.114. The number of nitrogens with zero attached hydrogens (tertiary/aromatic N) is 1. The van der Waals surface area contributed by atoms with Gasteiger partial charge in [-0.1, -0.05) is 30.3 Å². The molecule has 0 bridgehead atoms. The predicted octanol–water partition coefficient (Wildman–Crippen LogP) is 4.09. The number of benzene rings is 2. The van der Waals surface area contributed by atoms with Crippen LogP contribution in [0.1, 0.15) is 32.8 Å². The van der Waals surface area contributed by atoms with Gasteiger partial charge in [0.05, 0.1) is 18.3 Å². The van der Waals surface area contributed by atoms with Crippen LogP contribution in [0, 0.1) is 0 Å². The number of hydrogen-bond donors (Lipinski definition) is 1. The lowest BCUT2D eigenvalue weighted by molar-refractivity contribution is -0.137. The van der Waals surface area contributed by atoms with Gasteiger partial charge in [-0.05, 0) is 57.0 Å². The molecule has 30 heavy (non-hydrogen) atoms. The van der Waals surface area contributed by atoms with Gasteiger partial charge < -0.3 is 14.8 Å². The molecule has 158 valence electrons. The van der Waals surface area contributed by atoms with Crippen LogP contribution >= 0.6 is 0 Å². The van der Waals surface area contributed by atoms with Crippen molar-refractivity contribution in [1.82, 2.24) is 4.90 Å². The third-order valence-corrected chi connectivity index (χ3v) is 4.64. The molecule has 1 aliphatic rings. The van der Waals surface area contributed by atoms with E-state index < -0.39 is 0 Å². The summed E-state index contributed by atoms with van der Waals surface area (Å²) in [5.41, 5.74) is 2.09. The van der Waals surface area contributed by atoms with Crippen molar-refractivity contribution >= 4 is 23.1 Å². The van der Waals surface area contributed by atoms with Gasteiger partial charge in [-0.3, -0.25) is 14.5 Å². The first-order chi connectivity index (χ1) is 14.5. The van der Waals surface area contributed by atoms with Crippen LogP contribution in [0.2, 0.25) is 0 Å². The first kappa shape index (κ1) is 21.6. The largest absolute Gasteiger partial charge is 0.494 e. The maximum absolute atomic E-state index is 13.2. The Morgan fingerprint density at radius 3 is 2.30 bits per heavy atom. The molecule has 0 unspecified atom stereocenters. The number of imide groups is 1. The Balaban J connectivity index is 1.87. The Labute approximate surface area is 177 Å². The summed E-state index contributed by atoms with van der Waals surface area (Å²) < 4.78 is 11.0. The molecule has 0 atom stereocenters. The van der Waals surface area contributed by atoms with Crippen molar-refractivity contribution in [3.63, 3.8) is 0 Å². The van der Waals surface area contributed by atoms with Crippen LogP contribution in [0.25, 0.3) is 5.57 Å². The standard InChI is InChI=1S/C24H28N2O4/c1-4-29-20-13-11-18(12-14-20)21-22(25-19-9-6-5-7-10-19)24(28)26(23(21)27)15-8-16-30-17(2)3/h5-7,9-14,17,25H,4,8,15-16H2,1-3H3. The highest BCUT2D eigenvalue weighted by atomic mass is 16.5. The second kappa shape index (κ2) is 10.1. The Morgan fingerprint density at radius 2 is 1.67 bits per heavy atom. The van der Waals surface area contributed by atoms with Gasteiger partial charge in [-0.2, -0.15) is 0 Å². The van der Waals surface area contributed by atoms with E-state index >= 15 is 0 Å². The third kappa shape index (κ3) is 5.07. The normalized spacial score (nSPS) is 14.1. The van der Waals surface area contributed by atoms with Crippen LogP contribution in [0.5, 0.6) is 5.75 Å². The Bertz CT molecular complexity index is 905. The zero-order chi connectivity index (χ0) is 21.5. The zero-order valence-electron chi connectivity index (χ0n) is 17.7. The molecule has 0 spiro atoms. The van der Waals surface area contributed by atoms with E-state index in [1.54, 1.807) is 0 Å². The minimum atomic E-state index is -0.322. The summed E-state index contributed by atoms with van der Waals surface area (Å²) in [5, 5.41) is 3.15. The molecule has 6 heteroatoms. The fourth-order valence-corrected chi connectivity index (χ4v) is 3.25. The van der Waals surface area contributed by atoms with E-state index in [1.807, 2.05) is 75.4 Å². The molecule has 0 fully saturated rings. The summed E-state index contributed by atoms with van der Waals surface area (Å²) in [4.78, 5) is 27.6. The van der Waals surface area contributed by atoms with E-state index in [0.29, 0.717) is 43.0 Å². The van der Waals surface area contributed by atoms with Crippen LogP contribution in [-0.2, 0) is 14.3 Å². The van der Waals surface area contributed by atoms with Gasteiger partial charge >= 0.3 is 0 Å². The van der Waals surface area contributed by atoms with E-state index in [0.717, 1.165) is 11.4 Å². The van der Waals surface area contributed by atoms with Crippen molar-refractivity contribution in [2.75, 3.05) is 25.1 Å². The summed E-state index contributed by atoms with van der Waals surface area (Å²) in [6, 6.07) is 16.6. The van der Waals surface area contributed by atoms with Gasteiger partial charge in [-0.15, -0.1) is 0 Å². The molecule has 1 heterocycles. The quantitative estimate of drug-likeness (QED) is 0.474. The molecule has 6 nitrogen and oxygen atoms in total. The van der Waals surface area contributed by atoms with Crippen LogP contribution < -0.4 is 10.1 Å². The lowest BCUT2D eigenvalue weighted by atomic mass is 10.0. The number of hydrogen-bond acceptors (Lipinski definition) is 5. The van der Waals surface area contributed by atoms with E-state index in [1.165, 1.54) is 4.90 Å². The van der Waals surface area contributed by atoms with Gasteiger partial charge in [0.1, 0.15) is 11.4 Å². The minimum Gasteiger partial charge on any atom is -0.494 e. The van der Waals surface area contributed by atoms with Crippen LogP contribution in [0.15, 0.2) is 60.3 Å².